The number of hydrogen-bond acceptors (Lipinski definition) is 3. The van der Waals surface area contributed by atoms with Crippen molar-refractivity contribution < 1.29 is 22.9 Å². The van der Waals surface area contributed by atoms with Crippen LogP contribution >= 0.6 is 0 Å². The molecule has 0 bridgehead atoms. The van der Waals surface area contributed by atoms with Gasteiger partial charge >= 0.3 is 6.09 Å². The molecular weight excluding hydrogens is 230 g/mol. The summed E-state index contributed by atoms with van der Waals surface area (Å²) in [4.78, 5) is 13.4. The van der Waals surface area contributed by atoms with Crippen LogP contribution in [-0.4, -0.2) is 40.4 Å². The molecule has 1 fully saturated rings. The van der Waals surface area contributed by atoms with Crippen molar-refractivity contribution in [3.8, 4) is 0 Å². The summed E-state index contributed by atoms with van der Waals surface area (Å²) in [6.45, 7) is -0.945. The number of amides is 1. The Morgan fingerprint density at radius 2 is 2.22 bits per heavy atom. The van der Waals surface area contributed by atoms with Crippen LogP contribution in [0.25, 0.3) is 0 Å². The van der Waals surface area contributed by atoms with Gasteiger partial charge in [0.25, 0.3) is 0 Å². The Hall–Kier alpha value is -0.770. The van der Waals surface area contributed by atoms with Crippen LogP contribution in [0.2, 0.25) is 0 Å². The lowest BCUT2D eigenvalue weighted by Gasteiger charge is -2.33. The number of aliphatic hydroxyl groups excluding tert-OH is 1. The van der Waals surface area contributed by atoms with Crippen molar-refractivity contribution in [1.82, 2.24) is 4.90 Å². The van der Waals surface area contributed by atoms with E-state index in [1.54, 1.807) is 20.8 Å². The van der Waals surface area contributed by atoms with E-state index in [0.29, 0.717) is 12.8 Å². The monoisotopic (exact) mass is 263 g/mol. The van der Waals surface area contributed by atoms with Gasteiger partial charge in [0.15, 0.2) is 0 Å². The Morgan fingerprint density at radius 3 is 2.72 bits per heavy atom. The average Bonchev–Trinajstić information content (AvgIpc) is 2.74. The molecule has 1 aliphatic heterocycles. The number of likely N-dealkylation sites (tertiary alicyclic amines) is 1. The van der Waals surface area contributed by atoms with Gasteiger partial charge in [-0.25, -0.2) is 4.79 Å². The topological polar surface area (TPSA) is 49.8 Å². The number of aliphatic hydroxyl groups is 1. The van der Waals surface area contributed by atoms with Crippen LogP contribution in [0, 0.1) is 5.92 Å². The summed E-state index contributed by atoms with van der Waals surface area (Å²) in [5, 5.41) is 8.98. The van der Waals surface area contributed by atoms with Crippen molar-refractivity contribution in [1.29, 1.82) is 0 Å². The van der Waals surface area contributed by atoms with Gasteiger partial charge in [-0.15, -0.1) is 0 Å². The van der Waals surface area contributed by atoms with E-state index in [1.807, 2.05) is 0 Å². The van der Waals surface area contributed by atoms with Crippen LogP contribution in [0.1, 0.15) is 62.0 Å². The normalized spacial score (nSPS) is 29.6. The van der Waals surface area contributed by atoms with Crippen LogP contribution in [-0.2, 0) is 4.74 Å². The maximum absolute atomic E-state index is 12.5. The number of ether oxygens (including phenoxy) is 1. The highest BCUT2D eigenvalue weighted by Crippen LogP contribution is 2.35. The van der Waals surface area contributed by atoms with Crippen LogP contribution < -0.4 is 0 Å². The van der Waals surface area contributed by atoms with E-state index >= 15 is 0 Å². The highest BCUT2D eigenvalue weighted by atomic mass is 16.6. The molecule has 0 aromatic heterocycles. The first kappa shape index (κ1) is 8.41. The zero-order valence-corrected chi connectivity index (χ0v) is 11.3. The Labute approximate surface area is 119 Å². The molecule has 1 rings (SSSR count). The minimum Gasteiger partial charge on any atom is -0.444 e. The molecule has 106 valence electrons. The van der Waals surface area contributed by atoms with Crippen molar-refractivity contribution in [2.75, 3.05) is 13.2 Å². The molecule has 1 atom stereocenters. The van der Waals surface area contributed by atoms with E-state index in [-0.39, 0.29) is 25.5 Å². The minimum atomic E-state index is -2.89. The molecule has 4 nitrogen and oxygen atoms in total. The van der Waals surface area contributed by atoms with Crippen LogP contribution in [0.15, 0.2) is 0 Å². The van der Waals surface area contributed by atoms with Gasteiger partial charge in [-0.2, -0.15) is 0 Å². The second kappa shape index (κ2) is 5.47. The Morgan fingerprint density at radius 1 is 1.56 bits per heavy atom. The molecular formula is C14H27NO3. The maximum atomic E-state index is 12.5. The molecule has 1 saturated heterocycles. The molecule has 0 aliphatic carbocycles. The predicted octanol–water partition coefficient (Wildman–Crippen LogP) is 2.79. The van der Waals surface area contributed by atoms with Crippen LogP contribution in [0.3, 0.4) is 0 Å². The number of nitrogens with zero attached hydrogens (tertiary/aromatic N) is 1. The Bertz CT molecular complexity index is 441. The Balaban J connectivity index is 3.29. The molecule has 0 aromatic carbocycles. The van der Waals surface area contributed by atoms with Gasteiger partial charge in [-0.1, -0.05) is 0 Å². The van der Waals surface area contributed by atoms with Crippen molar-refractivity contribution in [2.45, 2.75) is 64.9 Å². The molecule has 1 N–H and O–H groups in total. The van der Waals surface area contributed by atoms with E-state index < -0.39 is 30.9 Å². The molecule has 0 saturated carbocycles. The third-order valence-corrected chi connectivity index (χ3v) is 2.87. The first-order chi connectivity index (χ1) is 10.7. The molecule has 0 unspecified atom stereocenters. The van der Waals surface area contributed by atoms with Gasteiger partial charge in [0.1, 0.15) is 5.60 Å². The van der Waals surface area contributed by atoms with Gasteiger partial charge in [0.05, 0.1) is 0 Å². The van der Waals surface area contributed by atoms with Crippen molar-refractivity contribution in [3.05, 3.63) is 0 Å². The summed E-state index contributed by atoms with van der Waals surface area (Å²) in [6, 6.07) is 0. The predicted molar refractivity (Wildman–Crippen MR) is 71.4 cm³/mol. The summed E-state index contributed by atoms with van der Waals surface area (Å²) < 4.78 is 52.2. The first-order valence-electron chi connectivity index (χ1n) is 9.27. The van der Waals surface area contributed by atoms with E-state index in [9.17, 15) is 4.79 Å². The summed E-state index contributed by atoms with van der Waals surface area (Å²) in [5.74, 6) is -0.314. The highest BCUT2D eigenvalue weighted by molar-refractivity contribution is 5.69. The van der Waals surface area contributed by atoms with E-state index in [2.05, 4.69) is 0 Å². The minimum absolute atomic E-state index is 0.00824. The fraction of sp³-hybridized carbons (Fsp3) is 0.929. The average molecular weight is 263 g/mol. The molecule has 0 spiro atoms. The maximum Gasteiger partial charge on any atom is 0.410 e. The largest absolute Gasteiger partial charge is 0.444 e. The Kier molecular flexibility index (Phi) is 2.56. The number of carbonyl (C=O) groups is 1. The standard InChI is InChI=1S/C14H27NO3/c1-13(2,3)18-12(17)15-10-11(7-6-8-16)9-14(15,4)5/h11,16H,6-10H2,1-5H3/t11-/m0/s1/i4D3,5D3. The third kappa shape index (κ3) is 4.16. The highest BCUT2D eigenvalue weighted by Gasteiger charge is 2.42. The lowest BCUT2D eigenvalue weighted by Crippen LogP contribution is -2.45. The number of rotatable bonds is 3. The van der Waals surface area contributed by atoms with Gasteiger partial charge in [-0.05, 0) is 59.7 Å². The van der Waals surface area contributed by atoms with Crippen LogP contribution in [0.5, 0.6) is 0 Å². The quantitative estimate of drug-likeness (QED) is 0.852. The van der Waals surface area contributed by atoms with Crippen molar-refractivity contribution >= 4 is 6.09 Å². The second-order valence-corrected chi connectivity index (χ2v) is 5.89. The summed E-state index contributed by atoms with van der Waals surface area (Å²) >= 11 is 0. The fourth-order valence-electron chi connectivity index (χ4n) is 2.13. The van der Waals surface area contributed by atoms with Gasteiger partial charge < -0.3 is 14.7 Å². The molecule has 0 aromatic rings. The zero-order chi connectivity index (χ0) is 19.0. The summed E-state index contributed by atoms with van der Waals surface area (Å²) in [6.07, 6.45) is -0.227. The number of carbonyl (C=O) groups excluding carboxylic acids is 1. The lowest BCUT2D eigenvalue weighted by atomic mass is 9.93. The van der Waals surface area contributed by atoms with Crippen molar-refractivity contribution in [3.63, 3.8) is 0 Å². The van der Waals surface area contributed by atoms with Crippen LogP contribution in [0.4, 0.5) is 4.79 Å². The second-order valence-electron chi connectivity index (χ2n) is 5.89. The third-order valence-electron chi connectivity index (χ3n) is 2.87. The van der Waals surface area contributed by atoms with Crippen molar-refractivity contribution in [2.24, 2.45) is 5.92 Å². The smallest absolute Gasteiger partial charge is 0.410 e. The van der Waals surface area contributed by atoms with Gasteiger partial charge in [-0.3, -0.25) is 0 Å². The SMILES string of the molecule is [2H]C([2H])([2H])C1(C([2H])([2H])[2H])C[C@H](CCCO)CN1C(=O)OC(C)(C)C. The first-order valence-corrected chi connectivity index (χ1v) is 6.27. The van der Waals surface area contributed by atoms with Gasteiger partial charge in [0, 0.05) is 26.9 Å². The van der Waals surface area contributed by atoms with E-state index in [4.69, 9.17) is 18.1 Å². The summed E-state index contributed by atoms with van der Waals surface area (Å²) in [5.41, 5.74) is -3.14. The zero-order valence-electron chi connectivity index (χ0n) is 17.3. The summed E-state index contributed by atoms with van der Waals surface area (Å²) in [7, 11) is 0. The molecule has 0 radical (unpaired) electrons. The van der Waals surface area contributed by atoms with E-state index in [1.165, 1.54) is 0 Å². The molecule has 1 amide bonds. The fourth-order valence-corrected chi connectivity index (χ4v) is 2.13. The molecule has 18 heavy (non-hydrogen) atoms. The molecule has 1 heterocycles. The number of hydrogen-bond donors (Lipinski definition) is 1. The molecule has 4 heteroatoms. The lowest BCUT2D eigenvalue weighted by molar-refractivity contribution is 0.0131. The molecule has 1 aliphatic rings. The van der Waals surface area contributed by atoms with E-state index in [0.717, 1.165) is 4.90 Å². The van der Waals surface area contributed by atoms with Gasteiger partial charge in [0.2, 0.25) is 0 Å².